The van der Waals surface area contributed by atoms with E-state index in [2.05, 4.69) is 98.8 Å². The summed E-state index contributed by atoms with van der Waals surface area (Å²) in [6.07, 6.45) is 2.00. The molecule has 0 saturated heterocycles. The van der Waals surface area contributed by atoms with Crippen LogP contribution in [0.1, 0.15) is 94.7 Å². The Hall–Kier alpha value is -1.54. The number of rotatable bonds is 13. The van der Waals surface area contributed by atoms with Crippen molar-refractivity contribution in [2.24, 2.45) is 5.41 Å². The first-order valence-corrected chi connectivity index (χ1v) is 15.3. The van der Waals surface area contributed by atoms with Crippen LogP contribution in [0.25, 0.3) is 0 Å². The van der Waals surface area contributed by atoms with Crippen LogP contribution in [0, 0.1) is 19.3 Å². The van der Waals surface area contributed by atoms with Crippen molar-refractivity contribution in [3.8, 4) is 5.75 Å². The highest BCUT2D eigenvalue weighted by atomic mass is 32.2. The number of esters is 1. The molecule has 0 bridgehead atoms. The highest BCUT2D eigenvalue weighted by Crippen LogP contribution is 2.44. The Labute approximate surface area is 239 Å². The SMILES string of the molecule is CCC(CC)(c1ccc(OCC(O[SH+]C(C)(C)C)C(C)(C)C)c(C)c1)c1cc(C)c(CNCC(=O)OC)s1. The molecule has 5 nitrogen and oxygen atoms in total. The maximum Gasteiger partial charge on any atom is 0.319 e. The number of hydrogen-bond donors (Lipinski definition) is 1. The molecule has 0 radical (unpaired) electrons. The molecule has 0 fully saturated rings. The summed E-state index contributed by atoms with van der Waals surface area (Å²) in [5.74, 6) is 0.665. The first-order valence-electron chi connectivity index (χ1n) is 13.7. The van der Waals surface area contributed by atoms with Crippen LogP contribution in [0.3, 0.4) is 0 Å². The molecule has 0 amide bonds. The summed E-state index contributed by atoms with van der Waals surface area (Å²) in [6.45, 7) is 23.4. The number of thiophene rings is 1. The summed E-state index contributed by atoms with van der Waals surface area (Å²) in [5, 5.41) is 3.21. The molecule has 1 aromatic carbocycles. The molecule has 38 heavy (non-hydrogen) atoms. The van der Waals surface area contributed by atoms with Crippen molar-refractivity contribution in [1.29, 1.82) is 0 Å². The van der Waals surface area contributed by atoms with Gasteiger partial charge in [-0.1, -0.05) is 46.8 Å². The Morgan fingerprint density at radius 2 is 1.68 bits per heavy atom. The van der Waals surface area contributed by atoms with E-state index in [1.807, 2.05) is 11.3 Å². The van der Waals surface area contributed by atoms with E-state index in [9.17, 15) is 4.79 Å². The molecule has 2 aromatic rings. The normalized spacial score (nSPS) is 13.4. The van der Waals surface area contributed by atoms with Crippen molar-refractivity contribution in [2.45, 2.75) is 105 Å². The van der Waals surface area contributed by atoms with Crippen molar-refractivity contribution in [3.05, 3.63) is 50.7 Å². The number of carbonyl (C=O) groups excluding carboxylic acids is 1. The summed E-state index contributed by atoms with van der Waals surface area (Å²) in [5.41, 5.74) is 3.63. The first kappa shape index (κ1) is 32.7. The van der Waals surface area contributed by atoms with E-state index in [1.165, 1.54) is 28.0 Å². The van der Waals surface area contributed by atoms with Gasteiger partial charge in [-0.25, -0.2) is 0 Å². The highest BCUT2D eigenvalue weighted by Gasteiger charge is 2.35. The summed E-state index contributed by atoms with van der Waals surface area (Å²) < 4.78 is 17.5. The average Bonchev–Trinajstić information content (AvgIpc) is 3.20. The summed E-state index contributed by atoms with van der Waals surface area (Å²) in [4.78, 5) is 14.1. The zero-order valence-electron chi connectivity index (χ0n) is 25.4. The molecular weight excluding hydrogens is 514 g/mol. The van der Waals surface area contributed by atoms with Crippen LogP contribution in [0.2, 0.25) is 0 Å². The molecule has 2 rings (SSSR count). The molecule has 214 valence electrons. The lowest BCUT2D eigenvalue weighted by molar-refractivity contribution is -0.139. The Morgan fingerprint density at radius 3 is 2.21 bits per heavy atom. The van der Waals surface area contributed by atoms with Gasteiger partial charge in [-0.3, -0.25) is 4.79 Å². The summed E-state index contributed by atoms with van der Waals surface area (Å²) in [6, 6.07) is 8.99. The number of aryl methyl sites for hydroxylation is 2. The monoisotopic (exact) mass is 564 g/mol. The lowest BCUT2D eigenvalue weighted by Crippen LogP contribution is -2.37. The topological polar surface area (TPSA) is 56.8 Å². The van der Waals surface area contributed by atoms with E-state index in [4.69, 9.17) is 13.7 Å². The van der Waals surface area contributed by atoms with Crippen LogP contribution in [-0.2, 0) is 37.7 Å². The number of thiol groups is 1. The number of benzene rings is 1. The number of nitrogens with one attached hydrogen (secondary N) is 1. The largest absolute Gasteiger partial charge is 0.490 e. The van der Waals surface area contributed by atoms with E-state index < -0.39 is 0 Å². The Morgan fingerprint density at radius 1 is 1.03 bits per heavy atom. The molecule has 0 saturated carbocycles. The van der Waals surface area contributed by atoms with Gasteiger partial charge in [-0.2, -0.15) is 4.18 Å². The molecule has 1 aromatic heterocycles. The molecule has 7 heteroatoms. The predicted octanol–water partition coefficient (Wildman–Crippen LogP) is 7.07. The third kappa shape index (κ3) is 8.73. The van der Waals surface area contributed by atoms with Gasteiger partial charge in [-0.15, -0.1) is 11.3 Å². The van der Waals surface area contributed by atoms with Crippen molar-refractivity contribution in [1.82, 2.24) is 5.32 Å². The smallest absolute Gasteiger partial charge is 0.319 e. The fourth-order valence-electron chi connectivity index (χ4n) is 4.37. The maximum atomic E-state index is 11.5. The van der Waals surface area contributed by atoms with Crippen molar-refractivity contribution < 1.29 is 18.5 Å². The second kappa shape index (κ2) is 13.7. The maximum absolute atomic E-state index is 11.5. The number of ether oxygens (including phenoxy) is 2. The summed E-state index contributed by atoms with van der Waals surface area (Å²) >= 11 is 2.82. The van der Waals surface area contributed by atoms with E-state index in [0.29, 0.717) is 13.2 Å². The van der Waals surface area contributed by atoms with Gasteiger partial charge in [0, 0.05) is 21.7 Å². The van der Waals surface area contributed by atoms with Crippen molar-refractivity contribution in [3.63, 3.8) is 0 Å². The Kier molecular flexibility index (Phi) is 11.8. The number of hydrogen-bond acceptors (Lipinski definition) is 6. The van der Waals surface area contributed by atoms with Gasteiger partial charge < -0.3 is 14.8 Å². The quantitative estimate of drug-likeness (QED) is 0.160. The standard InChI is InChI=1S/C31H49NO4S2/c1-12-31(13-2,27-17-22(4)25(37-27)18-32-19-28(33)34-11)23-14-15-24(21(3)16-23)35-20-26(29(5,6)7)36-38-30(8,9)10/h14-17,26,32H,12-13,18-20H2,1-11H3/p+1. The van der Waals surface area contributed by atoms with Gasteiger partial charge in [0.1, 0.15) is 29.1 Å². The van der Waals surface area contributed by atoms with Gasteiger partial charge >= 0.3 is 5.97 Å². The molecule has 1 N–H and O–H groups in total. The third-order valence-corrected chi connectivity index (χ3v) is 9.37. The average molecular weight is 565 g/mol. The van der Waals surface area contributed by atoms with Gasteiger partial charge in [0.05, 0.1) is 13.7 Å². The van der Waals surface area contributed by atoms with E-state index in [1.54, 1.807) is 0 Å². The van der Waals surface area contributed by atoms with Crippen molar-refractivity contribution in [2.75, 3.05) is 20.3 Å². The molecule has 0 aliphatic heterocycles. The van der Waals surface area contributed by atoms with Gasteiger partial charge in [-0.05, 0) is 81.7 Å². The number of carbonyl (C=O) groups is 1. The lowest BCUT2D eigenvalue weighted by Gasteiger charge is -2.32. The Bertz CT molecular complexity index is 1050. The van der Waals surface area contributed by atoms with Crippen LogP contribution in [0.5, 0.6) is 5.75 Å². The summed E-state index contributed by atoms with van der Waals surface area (Å²) in [7, 11) is 1.41. The third-order valence-electron chi connectivity index (χ3n) is 7.02. The molecule has 0 spiro atoms. The molecule has 0 aliphatic rings. The van der Waals surface area contributed by atoms with Gasteiger partial charge in [0.15, 0.2) is 6.10 Å². The first-order chi connectivity index (χ1) is 17.7. The number of methoxy groups -OCH3 is 1. The fraction of sp³-hybridized carbons (Fsp3) is 0.645. The zero-order valence-corrected chi connectivity index (χ0v) is 27.1. The Balaban J connectivity index is 2.25. The zero-order chi connectivity index (χ0) is 28.7. The van der Waals surface area contributed by atoms with Crippen LogP contribution >= 0.6 is 11.3 Å². The predicted molar refractivity (Wildman–Crippen MR) is 164 cm³/mol. The van der Waals surface area contributed by atoms with E-state index in [-0.39, 0.29) is 34.2 Å². The van der Waals surface area contributed by atoms with Crippen LogP contribution < -0.4 is 10.1 Å². The van der Waals surface area contributed by atoms with Gasteiger partial charge in [0.2, 0.25) is 0 Å². The van der Waals surface area contributed by atoms with Crippen LogP contribution in [0.15, 0.2) is 24.3 Å². The molecule has 0 aliphatic carbocycles. The second-order valence-corrected chi connectivity index (χ2v) is 15.1. The molecule has 1 unspecified atom stereocenters. The van der Waals surface area contributed by atoms with Crippen LogP contribution in [0.4, 0.5) is 0 Å². The van der Waals surface area contributed by atoms with E-state index in [0.717, 1.165) is 36.2 Å². The van der Waals surface area contributed by atoms with Crippen LogP contribution in [-0.4, -0.2) is 37.1 Å². The fourth-order valence-corrected chi connectivity index (χ4v) is 6.68. The molecular formula is C31H50NO4S2+. The second-order valence-electron chi connectivity index (χ2n) is 12.2. The minimum atomic E-state index is -0.247. The highest BCUT2D eigenvalue weighted by molar-refractivity contribution is 7.75. The molecule has 1 heterocycles. The minimum absolute atomic E-state index is 0.00634. The molecule has 1 atom stereocenters. The lowest BCUT2D eigenvalue weighted by atomic mass is 9.74. The van der Waals surface area contributed by atoms with Crippen molar-refractivity contribution >= 4 is 29.3 Å². The van der Waals surface area contributed by atoms with Gasteiger partial charge in [0.25, 0.3) is 0 Å². The minimum Gasteiger partial charge on any atom is -0.490 e. The van der Waals surface area contributed by atoms with E-state index >= 15 is 0 Å².